The number of carboxylic acids is 1. The molecule has 0 unspecified atom stereocenters. The molecular weight excluding hydrogens is 266 g/mol. The van der Waals surface area contributed by atoms with E-state index in [1.54, 1.807) is 24.3 Å². The highest BCUT2D eigenvalue weighted by atomic mass is 16.4. The number of aliphatic carboxylic acids is 1. The molecule has 0 spiro atoms. The topological polar surface area (TPSA) is 130 Å². The summed E-state index contributed by atoms with van der Waals surface area (Å²) in [4.78, 5) is 11.1. The normalized spacial score (nSPS) is 17.2. The number of aliphatic hydroxyl groups is 4. The van der Waals surface area contributed by atoms with E-state index in [0.717, 1.165) is 5.56 Å². The van der Waals surface area contributed by atoms with Gasteiger partial charge in [0, 0.05) is 6.54 Å². The molecule has 112 valence electrons. The molecule has 6 N–H and O–H groups in total. The van der Waals surface area contributed by atoms with Gasteiger partial charge in [0.2, 0.25) is 0 Å². The predicted octanol–water partition coefficient (Wildman–Crippen LogP) is -1.70. The molecule has 0 fully saturated rings. The molecule has 4 atom stereocenters. The van der Waals surface area contributed by atoms with Gasteiger partial charge in [0.25, 0.3) is 0 Å². The lowest BCUT2D eigenvalue weighted by atomic mass is 10.0. The van der Waals surface area contributed by atoms with Crippen molar-refractivity contribution in [3.05, 3.63) is 35.9 Å². The second-order valence-corrected chi connectivity index (χ2v) is 4.41. The van der Waals surface area contributed by atoms with E-state index in [-0.39, 0.29) is 6.54 Å². The van der Waals surface area contributed by atoms with Gasteiger partial charge in [0.05, 0.1) is 6.61 Å². The third kappa shape index (κ3) is 4.55. The van der Waals surface area contributed by atoms with Crippen molar-refractivity contribution in [1.82, 2.24) is 5.32 Å². The van der Waals surface area contributed by atoms with Crippen LogP contribution in [0.5, 0.6) is 0 Å². The quantitative estimate of drug-likeness (QED) is 0.336. The van der Waals surface area contributed by atoms with Crippen molar-refractivity contribution in [3.8, 4) is 0 Å². The fourth-order valence-electron chi connectivity index (χ4n) is 1.71. The number of carbonyl (C=O) groups is 1. The monoisotopic (exact) mass is 285 g/mol. The maximum absolute atomic E-state index is 11.1. The minimum atomic E-state index is -1.76. The summed E-state index contributed by atoms with van der Waals surface area (Å²) in [5.41, 5.74) is 0.808. The van der Waals surface area contributed by atoms with Crippen LogP contribution >= 0.6 is 0 Å². The largest absolute Gasteiger partial charge is 0.480 e. The first kappa shape index (κ1) is 16.5. The predicted molar refractivity (Wildman–Crippen MR) is 69.8 cm³/mol. The lowest BCUT2D eigenvalue weighted by molar-refractivity contribution is -0.149. The first-order valence-electron chi connectivity index (χ1n) is 6.12. The molecule has 0 aliphatic carbocycles. The van der Waals surface area contributed by atoms with E-state index in [4.69, 9.17) is 10.2 Å². The molecule has 0 bridgehead atoms. The van der Waals surface area contributed by atoms with Gasteiger partial charge < -0.3 is 25.5 Å². The standard InChI is InChI=1S/C13H19NO6/c15-7-9(16)11(17)12(18)10(13(19)20)14-6-8-4-2-1-3-5-8/h1-5,9-12,14-18H,6-7H2,(H,19,20)/t9-,10+,11-,12-/m1/s1. The van der Waals surface area contributed by atoms with E-state index in [9.17, 15) is 20.1 Å². The van der Waals surface area contributed by atoms with Gasteiger partial charge in [-0.15, -0.1) is 0 Å². The maximum Gasteiger partial charge on any atom is 0.323 e. The Bertz CT molecular complexity index is 413. The molecule has 0 saturated carbocycles. The van der Waals surface area contributed by atoms with Crippen molar-refractivity contribution in [3.63, 3.8) is 0 Å². The van der Waals surface area contributed by atoms with Crippen LogP contribution in [-0.4, -0.2) is 62.5 Å². The van der Waals surface area contributed by atoms with Crippen molar-refractivity contribution in [2.75, 3.05) is 6.61 Å². The molecule has 1 aromatic carbocycles. The van der Waals surface area contributed by atoms with Crippen LogP contribution in [0.25, 0.3) is 0 Å². The Hall–Kier alpha value is -1.51. The Morgan fingerprint density at radius 2 is 1.70 bits per heavy atom. The zero-order chi connectivity index (χ0) is 15.1. The summed E-state index contributed by atoms with van der Waals surface area (Å²) in [5.74, 6) is -1.36. The summed E-state index contributed by atoms with van der Waals surface area (Å²) in [5, 5.41) is 48.9. The second-order valence-electron chi connectivity index (χ2n) is 4.41. The molecule has 0 saturated heterocycles. The summed E-state index contributed by atoms with van der Waals surface area (Å²) in [6, 6.07) is 7.47. The van der Waals surface area contributed by atoms with E-state index in [1.807, 2.05) is 6.07 Å². The first-order valence-corrected chi connectivity index (χ1v) is 6.12. The number of hydrogen-bond donors (Lipinski definition) is 6. The number of aliphatic hydroxyl groups excluding tert-OH is 4. The number of carboxylic acid groups (broad SMARTS) is 1. The highest BCUT2D eigenvalue weighted by molar-refractivity contribution is 5.74. The van der Waals surface area contributed by atoms with E-state index in [2.05, 4.69) is 5.32 Å². The number of rotatable bonds is 8. The van der Waals surface area contributed by atoms with Gasteiger partial charge in [-0.05, 0) is 5.56 Å². The van der Waals surface area contributed by atoms with Crippen molar-refractivity contribution < 1.29 is 30.3 Å². The van der Waals surface area contributed by atoms with Crippen molar-refractivity contribution in [1.29, 1.82) is 0 Å². The van der Waals surface area contributed by atoms with Crippen LogP contribution in [0, 0.1) is 0 Å². The highest BCUT2D eigenvalue weighted by Gasteiger charge is 2.35. The van der Waals surface area contributed by atoms with Crippen molar-refractivity contribution in [2.24, 2.45) is 0 Å². The molecule has 7 nitrogen and oxygen atoms in total. The highest BCUT2D eigenvalue weighted by Crippen LogP contribution is 2.07. The average Bonchev–Trinajstić information content (AvgIpc) is 2.46. The first-order chi connectivity index (χ1) is 9.47. The molecule has 0 aliphatic heterocycles. The summed E-state index contributed by atoms with van der Waals surface area (Å²) in [6.07, 6.45) is -5.12. The van der Waals surface area contributed by atoms with Crippen LogP contribution in [0.2, 0.25) is 0 Å². The van der Waals surface area contributed by atoms with Gasteiger partial charge in [0.1, 0.15) is 24.4 Å². The van der Waals surface area contributed by atoms with Gasteiger partial charge in [-0.3, -0.25) is 10.1 Å². The molecule has 1 rings (SSSR count). The SMILES string of the molecule is O=C(O)[C@@H](NCc1ccccc1)[C@@H](O)[C@H](O)[C@H](O)CO. The maximum atomic E-state index is 11.1. The van der Waals surface area contributed by atoms with E-state index < -0.39 is 36.9 Å². The Morgan fingerprint density at radius 3 is 2.20 bits per heavy atom. The third-order valence-electron chi connectivity index (χ3n) is 2.91. The van der Waals surface area contributed by atoms with Crippen LogP contribution in [0.4, 0.5) is 0 Å². The van der Waals surface area contributed by atoms with Gasteiger partial charge in [-0.2, -0.15) is 0 Å². The molecule has 0 aliphatic rings. The molecule has 0 aromatic heterocycles. The smallest absolute Gasteiger partial charge is 0.323 e. The zero-order valence-electron chi connectivity index (χ0n) is 10.8. The van der Waals surface area contributed by atoms with E-state index >= 15 is 0 Å². The second kappa shape index (κ2) is 7.93. The van der Waals surface area contributed by atoms with Crippen LogP contribution in [0.15, 0.2) is 30.3 Å². The number of nitrogens with one attached hydrogen (secondary N) is 1. The van der Waals surface area contributed by atoms with Gasteiger partial charge in [-0.25, -0.2) is 0 Å². The minimum Gasteiger partial charge on any atom is -0.480 e. The van der Waals surface area contributed by atoms with E-state index in [0.29, 0.717) is 0 Å². The Morgan fingerprint density at radius 1 is 1.10 bits per heavy atom. The molecule has 1 aromatic rings. The Balaban J connectivity index is 2.67. The molecule has 20 heavy (non-hydrogen) atoms. The zero-order valence-corrected chi connectivity index (χ0v) is 10.8. The fourth-order valence-corrected chi connectivity index (χ4v) is 1.71. The van der Waals surface area contributed by atoms with Gasteiger partial charge in [0.15, 0.2) is 0 Å². The lowest BCUT2D eigenvalue weighted by Crippen LogP contribution is -2.54. The average molecular weight is 285 g/mol. The molecule has 0 heterocycles. The molecule has 7 heteroatoms. The number of benzene rings is 1. The lowest BCUT2D eigenvalue weighted by Gasteiger charge is -2.27. The van der Waals surface area contributed by atoms with Crippen molar-refractivity contribution in [2.45, 2.75) is 30.9 Å². The molecule has 0 amide bonds. The molecular formula is C13H19NO6. The van der Waals surface area contributed by atoms with Crippen LogP contribution < -0.4 is 5.32 Å². The Kier molecular flexibility index (Phi) is 6.56. The van der Waals surface area contributed by atoms with Crippen molar-refractivity contribution >= 4 is 5.97 Å². The summed E-state index contributed by atoms with van der Waals surface area (Å²) in [6.45, 7) is -0.597. The van der Waals surface area contributed by atoms with Gasteiger partial charge in [-0.1, -0.05) is 30.3 Å². The number of hydrogen-bond acceptors (Lipinski definition) is 6. The van der Waals surface area contributed by atoms with Gasteiger partial charge >= 0.3 is 5.97 Å². The van der Waals surface area contributed by atoms with Crippen LogP contribution in [0.3, 0.4) is 0 Å². The fraction of sp³-hybridized carbons (Fsp3) is 0.462. The Labute approximate surface area is 116 Å². The minimum absolute atomic E-state index is 0.177. The van der Waals surface area contributed by atoms with E-state index in [1.165, 1.54) is 0 Å². The summed E-state index contributed by atoms with van der Waals surface area (Å²) in [7, 11) is 0. The third-order valence-corrected chi connectivity index (χ3v) is 2.91. The summed E-state index contributed by atoms with van der Waals surface area (Å²) < 4.78 is 0. The van der Waals surface area contributed by atoms with Crippen LogP contribution in [-0.2, 0) is 11.3 Å². The van der Waals surface area contributed by atoms with Crippen LogP contribution in [0.1, 0.15) is 5.56 Å². The summed E-state index contributed by atoms with van der Waals surface area (Å²) >= 11 is 0. The molecule has 0 radical (unpaired) electrons.